The van der Waals surface area contributed by atoms with Crippen molar-refractivity contribution in [2.75, 3.05) is 5.75 Å². The molecule has 0 spiro atoms. The van der Waals surface area contributed by atoms with Crippen molar-refractivity contribution >= 4 is 27.9 Å². The van der Waals surface area contributed by atoms with Gasteiger partial charge in [0, 0.05) is 5.75 Å². The molecule has 0 radical (unpaired) electrons. The van der Waals surface area contributed by atoms with Gasteiger partial charge in [-0.15, -0.1) is 11.8 Å². The van der Waals surface area contributed by atoms with Gasteiger partial charge in [0.15, 0.2) is 0 Å². The first-order valence-corrected chi connectivity index (χ1v) is 11.9. The Labute approximate surface area is 177 Å². The maximum absolute atomic E-state index is 13.7. The molecule has 4 rings (SSSR count). The van der Waals surface area contributed by atoms with Gasteiger partial charge < -0.3 is 0 Å². The largest absolute Gasteiger partial charge is 0.265 e. The summed E-state index contributed by atoms with van der Waals surface area (Å²) in [4.78, 5) is 0.321. The van der Waals surface area contributed by atoms with Gasteiger partial charge in [-0.25, -0.2) is 8.42 Å². The molecule has 0 saturated carbocycles. The third-order valence-corrected chi connectivity index (χ3v) is 8.06. The van der Waals surface area contributed by atoms with E-state index in [9.17, 15) is 8.42 Å². The fraction of sp³-hybridized carbons (Fsp3) is 0.167. The quantitative estimate of drug-likeness (QED) is 0.536. The van der Waals surface area contributed by atoms with E-state index in [-0.39, 0.29) is 6.04 Å². The number of benzene rings is 3. The SMILES string of the molecule is Cc1ccc(C2CSC(=Cc3ccccc3)N2S(=O)(=O)c2ccc(C)cc2)cc1. The van der Waals surface area contributed by atoms with Crippen molar-refractivity contribution < 1.29 is 8.42 Å². The Kier molecular flexibility index (Phi) is 5.52. The van der Waals surface area contributed by atoms with E-state index in [4.69, 9.17) is 0 Å². The minimum atomic E-state index is -3.69. The van der Waals surface area contributed by atoms with Gasteiger partial charge >= 0.3 is 0 Å². The summed E-state index contributed by atoms with van der Waals surface area (Å²) in [5.41, 5.74) is 4.20. The van der Waals surface area contributed by atoms with E-state index in [1.165, 1.54) is 0 Å². The topological polar surface area (TPSA) is 37.4 Å². The minimum absolute atomic E-state index is 0.234. The number of nitrogens with zero attached hydrogens (tertiary/aromatic N) is 1. The molecule has 1 fully saturated rings. The Morgan fingerprint density at radius 1 is 0.862 bits per heavy atom. The van der Waals surface area contributed by atoms with Crippen LogP contribution in [0.1, 0.15) is 28.3 Å². The lowest BCUT2D eigenvalue weighted by molar-refractivity contribution is 0.443. The van der Waals surface area contributed by atoms with Crippen molar-refractivity contribution in [3.05, 3.63) is 106 Å². The summed E-state index contributed by atoms with van der Waals surface area (Å²) < 4.78 is 28.9. The zero-order valence-electron chi connectivity index (χ0n) is 16.4. The Hall–Kier alpha value is -2.50. The van der Waals surface area contributed by atoms with Crippen molar-refractivity contribution in [1.82, 2.24) is 4.31 Å². The third-order valence-electron chi connectivity index (χ3n) is 5.02. The highest BCUT2D eigenvalue weighted by Gasteiger charge is 2.39. The molecule has 5 heteroatoms. The normalized spacial score (nSPS) is 18.3. The zero-order valence-corrected chi connectivity index (χ0v) is 18.1. The number of hydrogen-bond donors (Lipinski definition) is 0. The predicted octanol–water partition coefficient (Wildman–Crippen LogP) is 5.78. The monoisotopic (exact) mass is 421 g/mol. The number of thioether (sulfide) groups is 1. The van der Waals surface area contributed by atoms with Crippen LogP contribution in [-0.4, -0.2) is 18.5 Å². The first-order valence-electron chi connectivity index (χ1n) is 9.52. The van der Waals surface area contributed by atoms with Gasteiger partial charge in [0.2, 0.25) is 0 Å². The molecule has 1 aliphatic rings. The van der Waals surface area contributed by atoms with Gasteiger partial charge in [-0.2, -0.15) is 0 Å². The number of sulfonamides is 1. The van der Waals surface area contributed by atoms with E-state index in [2.05, 4.69) is 0 Å². The van der Waals surface area contributed by atoms with Crippen LogP contribution in [0, 0.1) is 13.8 Å². The van der Waals surface area contributed by atoms with Crippen molar-refractivity contribution in [2.24, 2.45) is 0 Å². The molecule has 1 unspecified atom stereocenters. The van der Waals surface area contributed by atoms with E-state index in [0.29, 0.717) is 10.6 Å². The standard InChI is InChI=1S/C24H23NO2S2/c1-18-8-12-21(13-9-18)23-17-28-24(16-20-6-4-3-5-7-20)25(23)29(26,27)22-14-10-19(2)11-15-22/h3-16,23H,17H2,1-2H3. The van der Waals surface area contributed by atoms with Crippen molar-refractivity contribution in [3.8, 4) is 0 Å². The molecule has 0 bridgehead atoms. The molecule has 3 aromatic rings. The average Bonchev–Trinajstić information content (AvgIpc) is 3.14. The molecule has 0 aliphatic carbocycles. The third kappa shape index (κ3) is 4.11. The highest BCUT2D eigenvalue weighted by Crippen LogP contribution is 2.45. The van der Waals surface area contributed by atoms with Gasteiger partial charge in [0.05, 0.1) is 16.0 Å². The molecule has 1 atom stereocenters. The smallest absolute Gasteiger partial charge is 0.252 e. The summed E-state index contributed by atoms with van der Waals surface area (Å²) in [5, 5.41) is 0.752. The molecule has 3 nitrogen and oxygen atoms in total. The lowest BCUT2D eigenvalue weighted by Gasteiger charge is -2.27. The molecule has 1 heterocycles. The lowest BCUT2D eigenvalue weighted by atomic mass is 10.1. The second-order valence-corrected chi connectivity index (χ2v) is 10.1. The molecule has 29 heavy (non-hydrogen) atoms. The summed E-state index contributed by atoms with van der Waals surface area (Å²) in [6, 6.07) is 24.8. The summed E-state index contributed by atoms with van der Waals surface area (Å²) in [5.74, 6) is 0.687. The first-order chi connectivity index (χ1) is 13.9. The number of rotatable bonds is 4. The predicted molar refractivity (Wildman–Crippen MR) is 121 cm³/mol. The molecule has 0 aromatic heterocycles. The summed E-state index contributed by atoms with van der Waals surface area (Å²) in [6.45, 7) is 3.99. The van der Waals surface area contributed by atoms with E-state index >= 15 is 0 Å². The summed E-state index contributed by atoms with van der Waals surface area (Å²) in [6.07, 6.45) is 1.96. The zero-order chi connectivity index (χ0) is 20.4. The van der Waals surface area contributed by atoms with E-state index < -0.39 is 10.0 Å². The van der Waals surface area contributed by atoms with Crippen molar-refractivity contribution in [3.63, 3.8) is 0 Å². The molecule has 0 N–H and O–H groups in total. The van der Waals surface area contributed by atoms with Crippen molar-refractivity contribution in [1.29, 1.82) is 0 Å². The minimum Gasteiger partial charge on any atom is -0.252 e. The molecule has 3 aromatic carbocycles. The number of aryl methyl sites for hydroxylation is 2. The van der Waals surface area contributed by atoms with Crippen LogP contribution in [0.2, 0.25) is 0 Å². The van der Waals surface area contributed by atoms with Crippen LogP contribution >= 0.6 is 11.8 Å². The second-order valence-electron chi connectivity index (χ2n) is 7.24. The Bertz CT molecular complexity index is 1120. The van der Waals surface area contributed by atoms with Gasteiger partial charge in [-0.05, 0) is 43.2 Å². The summed E-state index contributed by atoms with van der Waals surface area (Å²) in [7, 11) is -3.69. The Morgan fingerprint density at radius 2 is 1.45 bits per heavy atom. The maximum Gasteiger partial charge on any atom is 0.265 e. The van der Waals surface area contributed by atoms with Crippen LogP contribution in [0.15, 0.2) is 88.8 Å². The lowest BCUT2D eigenvalue weighted by Crippen LogP contribution is -2.30. The molecule has 1 saturated heterocycles. The fourth-order valence-corrected chi connectivity index (χ4v) is 6.60. The first kappa shape index (κ1) is 19.8. The second kappa shape index (κ2) is 8.09. The average molecular weight is 422 g/mol. The molecule has 1 aliphatic heterocycles. The maximum atomic E-state index is 13.7. The molecule has 0 amide bonds. The van der Waals surface area contributed by atoms with Crippen molar-refractivity contribution in [2.45, 2.75) is 24.8 Å². The van der Waals surface area contributed by atoms with Crippen LogP contribution < -0.4 is 0 Å². The van der Waals surface area contributed by atoms with Gasteiger partial charge in [-0.1, -0.05) is 77.9 Å². The highest BCUT2D eigenvalue weighted by molar-refractivity contribution is 8.04. The number of hydrogen-bond acceptors (Lipinski definition) is 3. The van der Waals surface area contributed by atoms with Crippen LogP contribution in [0.25, 0.3) is 6.08 Å². The van der Waals surface area contributed by atoms with Crippen LogP contribution in [0.5, 0.6) is 0 Å². The summed E-state index contributed by atoms with van der Waals surface area (Å²) >= 11 is 1.59. The molecular formula is C24H23NO2S2. The van der Waals surface area contributed by atoms with Gasteiger partial charge in [0.1, 0.15) is 0 Å². The van der Waals surface area contributed by atoms with Crippen LogP contribution in [-0.2, 0) is 10.0 Å². The fourth-order valence-electron chi connectivity index (χ4n) is 3.38. The van der Waals surface area contributed by atoms with E-state index in [1.807, 2.05) is 86.7 Å². The Balaban J connectivity index is 1.82. The van der Waals surface area contributed by atoms with Gasteiger partial charge in [0.25, 0.3) is 10.0 Å². The van der Waals surface area contributed by atoms with Crippen LogP contribution in [0.3, 0.4) is 0 Å². The van der Waals surface area contributed by atoms with E-state index in [0.717, 1.165) is 27.3 Å². The molecular weight excluding hydrogens is 398 g/mol. The van der Waals surface area contributed by atoms with E-state index in [1.54, 1.807) is 28.2 Å². The van der Waals surface area contributed by atoms with Gasteiger partial charge in [-0.3, -0.25) is 4.31 Å². The highest BCUT2D eigenvalue weighted by atomic mass is 32.2. The van der Waals surface area contributed by atoms with Crippen LogP contribution in [0.4, 0.5) is 0 Å². The molecule has 148 valence electrons. The Morgan fingerprint density at radius 3 is 2.07 bits per heavy atom.